The van der Waals surface area contributed by atoms with Gasteiger partial charge in [-0.3, -0.25) is 0 Å². The van der Waals surface area contributed by atoms with E-state index in [-0.39, 0.29) is 0 Å². The molecule has 2 saturated carbocycles. The topological polar surface area (TPSA) is 58.9 Å². The van der Waals surface area contributed by atoms with Crippen LogP contribution in [-0.4, -0.2) is 25.2 Å². The molecule has 4 nitrogen and oxygen atoms in total. The Labute approximate surface area is 94.9 Å². The summed E-state index contributed by atoms with van der Waals surface area (Å²) in [6, 6.07) is 0. The summed E-state index contributed by atoms with van der Waals surface area (Å²) in [6.45, 7) is 1.23. The monoisotopic (exact) mass is 220 g/mol. The zero-order chi connectivity index (χ0) is 11.4. The number of hydrogen-bond donors (Lipinski definition) is 0. The lowest BCUT2D eigenvalue weighted by Gasteiger charge is -2.28. The van der Waals surface area contributed by atoms with Crippen molar-refractivity contribution in [2.24, 2.45) is 27.2 Å². The van der Waals surface area contributed by atoms with Gasteiger partial charge in [-0.05, 0) is 49.4 Å². The van der Waals surface area contributed by atoms with Gasteiger partial charge in [0, 0.05) is 0 Å². The van der Waals surface area contributed by atoms with Crippen LogP contribution in [-0.2, 0) is 9.59 Å². The maximum Gasteiger partial charge on any atom is 0.234 e. The molecular weight excluding hydrogens is 204 g/mol. The lowest BCUT2D eigenvalue weighted by Crippen LogP contribution is -2.20. The third-order valence-corrected chi connectivity index (χ3v) is 4.31. The van der Waals surface area contributed by atoms with E-state index in [9.17, 15) is 9.59 Å². The lowest BCUT2D eigenvalue weighted by molar-refractivity contribution is 0.236. The van der Waals surface area contributed by atoms with Gasteiger partial charge >= 0.3 is 0 Å². The van der Waals surface area contributed by atoms with Gasteiger partial charge in [-0.15, -0.1) is 0 Å². The van der Waals surface area contributed by atoms with E-state index in [0.29, 0.717) is 24.4 Å². The summed E-state index contributed by atoms with van der Waals surface area (Å²) < 4.78 is 0. The molecule has 0 N–H and O–H groups in total. The van der Waals surface area contributed by atoms with Crippen LogP contribution in [0.5, 0.6) is 0 Å². The van der Waals surface area contributed by atoms with Crippen molar-refractivity contribution in [3.8, 4) is 0 Å². The molecule has 16 heavy (non-hydrogen) atoms. The normalized spacial score (nSPS) is 35.5. The number of rotatable bonds is 5. The Morgan fingerprint density at radius 3 is 2.75 bits per heavy atom. The number of aliphatic imine (C=N–C) groups is 2. The van der Waals surface area contributed by atoms with Crippen LogP contribution in [0.3, 0.4) is 0 Å². The summed E-state index contributed by atoms with van der Waals surface area (Å²) in [7, 11) is 0. The second-order valence-corrected chi connectivity index (χ2v) is 5.12. The third-order valence-electron chi connectivity index (χ3n) is 4.31. The zero-order valence-electron chi connectivity index (χ0n) is 9.32. The largest absolute Gasteiger partial charge is 0.234 e. The average Bonchev–Trinajstić information content (AvgIpc) is 2.84. The van der Waals surface area contributed by atoms with E-state index in [1.165, 1.54) is 19.3 Å². The van der Waals surface area contributed by atoms with Crippen molar-refractivity contribution in [1.29, 1.82) is 0 Å². The first-order valence-electron chi connectivity index (χ1n) is 5.87. The Morgan fingerprint density at radius 2 is 2.00 bits per heavy atom. The first kappa shape index (κ1) is 11.3. The van der Waals surface area contributed by atoms with E-state index in [1.54, 1.807) is 12.2 Å². The first-order valence-corrected chi connectivity index (χ1v) is 5.87. The fourth-order valence-electron chi connectivity index (χ4n) is 3.60. The molecule has 4 heteroatoms. The van der Waals surface area contributed by atoms with Gasteiger partial charge in [-0.25, -0.2) is 19.6 Å². The van der Waals surface area contributed by atoms with Gasteiger partial charge in [0.2, 0.25) is 12.2 Å². The third kappa shape index (κ3) is 2.13. The average molecular weight is 220 g/mol. The van der Waals surface area contributed by atoms with Gasteiger partial charge < -0.3 is 0 Å². The fourth-order valence-corrected chi connectivity index (χ4v) is 3.60. The number of fused-ring (bicyclic) bond motifs is 2. The molecule has 0 radical (unpaired) electrons. The molecule has 2 rings (SSSR count). The summed E-state index contributed by atoms with van der Waals surface area (Å²) in [6.07, 6.45) is 9.05. The van der Waals surface area contributed by atoms with Crippen LogP contribution in [0.2, 0.25) is 0 Å². The predicted molar refractivity (Wildman–Crippen MR) is 58.5 cm³/mol. The summed E-state index contributed by atoms with van der Waals surface area (Å²) in [5.41, 5.74) is 0.369. The number of carbonyl (C=O) groups excluding carboxylic acids is 2. The van der Waals surface area contributed by atoms with Crippen molar-refractivity contribution in [3.63, 3.8) is 0 Å². The second-order valence-electron chi connectivity index (χ2n) is 5.12. The molecule has 86 valence electrons. The fraction of sp³-hybridized carbons (Fsp3) is 0.833. The van der Waals surface area contributed by atoms with E-state index >= 15 is 0 Å². The minimum absolute atomic E-state index is 0.369. The summed E-state index contributed by atoms with van der Waals surface area (Å²) in [5, 5.41) is 0. The van der Waals surface area contributed by atoms with Crippen LogP contribution in [0.1, 0.15) is 32.1 Å². The molecule has 0 aromatic rings. The molecule has 2 bridgehead atoms. The van der Waals surface area contributed by atoms with Crippen molar-refractivity contribution < 1.29 is 9.59 Å². The van der Waals surface area contributed by atoms with Crippen molar-refractivity contribution >= 4 is 12.2 Å². The number of hydrogen-bond acceptors (Lipinski definition) is 4. The Morgan fingerprint density at radius 1 is 1.19 bits per heavy atom. The van der Waals surface area contributed by atoms with Crippen molar-refractivity contribution in [1.82, 2.24) is 0 Å². The molecule has 2 aliphatic carbocycles. The van der Waals surface area contributed by atoms with E-state index in [2.05, 4.69) is 9.98 Å². The quantitative estimate of drug-likeness (QED) is 0.524. The molecule has 0 aliphatic heterocycles. The number of isocyanates is 2. The smallest absolute Gasteiger partial charge is 0.211 e. The highest BCUT2D eigenvalue weighted by atomic mass is 16.1. The van der Waals surface area contributed by atoms with Gasteiger partial charge in [-0.1, -0.05) is 0 Å². The standard InChI is InChI=1S/C12H16N2O2/c15-8-13-4-3-12-2-1-10(5-12)11(6-12)7-14-9-16/h10-11H,1-7H2. The van der Waals surface area contributed by atoms with E-state index in [4.69, 9.17) is 0 Å². The number of nitrogens with zero attached hydrogens (tertiary/aromatic N) is 2. The Kier molecular flexibility index (Phi) is 3.33. The van der Waals surface area contributed by atoms with Crippen molar-refractivity contribution in [2.75, 3.05) is 13.1 Å². The van der Waals surface area contributed by atoms with Crippen molar-refractivity contribution in [2.45, 2.75) is 32.1 Å². The molecular formula is C12H16N2O2. The Balaban J connectivity index is 1.93. The van der Waals surface area contributed by atoms with Crippen LogP contribution in [0, 0.1) is 17.3 Å². The highest BCUT2D eigenvalue weighted by Crippen LogP contribution is 2.58. The Hall–Kier alpha value is -1.24. The summed E-state index contributed by atoms with van der Waals surface area (Å²) in [4.78, 5) is 27.5. The van der Waals surface area contributed by atoms with Gasteiger partial charge in [0.05, 0.1) is 13.1 Å². The van der Waals surface area contributed by atoms with Gasteiger partial charge in [-0.2, -0.15) is 0 Å². The van der Waals surface area contributed by atoms with Gasteiger partial charge in [0.1, 0.15) is 0 Å². The maximum absolute atomic E-state index is 10.1. The molecule has 2 fully saturated rings. The first-order chi connectivity index (χ1) is 7.79. The second kappa shape index (κ2) is 4.73. The molecule has 3 atom stereocenters. The summed E-state index contributed by atoms with van der Waals surface area (Å²) >= 11 is 0. The van der Waals surface area contributed by atoms with Crippen LogP contribution >= 0.6 is 0 Å². The zero-order valence-corrected chi connectivity index (χ0v) is 9.32. The van der Waals surface area contributed by atoms with Gasteiger partial charge in [0.25, 0.3) is 0 Å². The van der Waals surface area contributed by atoms with E-state index in [1.807, 2.05) is 0 Å². The van der Waals surface area contributed by atoms with Crippen molar-refractivity contribution in [3.05, 3.63) is 0 Å². The Bertz CT molecular complexity index is 356. The summed E-state index contributed by atoms with van der Waals surface area (Å²) in [5.74, 6) is 1.27. The maximum atomic E-state index is 10.1. The van der Waals surface area contributed by atoms with E-state index < -0.39 is 0 Å². The van der Waals surface area contributed by atoms with Crippen LogP contribution in [0.4, 0.5) is 0 Å². The molecule has 0 saturated heterocycles. The predicted octanol–water partition coefficient (Wildman–Crippen LogP) is 1.85. The van der Waals surface area contributed by atoms with Crippen LogP contribution in [0.25, 0.3) is 0 Å². The minimum Gasteiger partial charge on any atom is -0.211 e. The van der Waals surface area contributed by atoms with Crippen LogP contribution < -0.4 is 0 Å². The van der Waals surface area contributed by atoms with E-state index in [0.717, 1.165) is 18.8 Å². The highest BCUT2D eigenvalue weighted by molar-refractivity contribution is 5.33. The SMILES string of the molecule is O=C=NCCC12CCC(C1)C(CN=C=O)C2. The molecule has 3 unspecified atom stereocenters. The molecule has 2 aliphatic rings. The molecule has 0 heterocycles. The molecule has 0 aromatic carbocycles. The minimum atomic E-state index is 0.369. The highest BCUT2D eigenvalue weighted by Gasteiger charge is 2.49. The van der Waals surface area contributed by atoms with Crippen LogP contribution in [0.15, 0.2) is 9.98 Å². The molecule has 0 spiro atoms. The molecule has 0 amide bonds. The van der Waals surface area contributed by atoms with Gasteiger partial charge in [0.15, 0.2) is 0 Å². The molecule has 0 aromatic heterocycles. The lowest BCUT2D eigenvalue weighted by atomic mass is 9.78.